The van der Waals surface area contributed by atoms with Gasteiger partial charge in [-0.2, -0.15) is 5.26 Å². The van der Waals surface area contributed by atoms with Gasteiger partial charge in [-0.25, -0.2) is 4.98 Å². The van der Waals surface area contributed by atoms with E-state index in [0.29, 0.717) is 35.1 Å². The highest BCUT2D eigenvalue weighted by molar-refractivity contribution is 7.12. The second-order valence-corrected chi connectivity index (χ2v) is 5.38. The molecule has 0 bridgehead atoms. The fourth-order valence-electron chi connectivity index (χ4n) is 1.96. The molecule has 0 aliphatic heterocycles. The van der Waals surface area contributed by atoms with Gasteiger partial charge in [-0.15, -0.1) is 11.3 Å². The summed E-state index contributed by atoms with van der Waals surface area (Å²) in [6.45, 7) is 0.353. The van der Waals surface area contributed by atoms with Crippen LogP contribution in [0.5, 0.6) is 11.5 Å². The maximum Gasteiger partial charge on any atom is 0.160 e. The van der Waals surface area contributed by atoms with E-state index in [1.54, 1.807) is 21.3 Å². The van der Waals surface area contributed by atoms with E-state index in [0.717, 1.165) is 10.6 Å². The normalized spacial score (nSPS) is 10.2. The summed E-state index contributed by atoms with van der Waals surface area (Å²) >= 11 is 1.39. The Labute approximate surface area is 127 Å². The molecule has 0 unspecified atom stereocenters. The van der Waals surface area contributed by atoms with Crippen LogP contribution < -0.4 is 9.47 Å². The summed E-state index contributed by atoms with van der Waals surface area (Å²) in [5.41, 5.74) is 1.75. The zero-order valence-corrected chi connectivity index (χ0v) is 13.0. The lowest BCUT2D eigenvalue weighted by Gasteiger charge is -2.08. The van der Waals surface area contributed by atoms with Crippen LogP contribution in [-0.4, -0.2) is 26.3 Å². The summed E-state index contributed by atoms with van der Waals surface area (Å²) in [6.07, 6.45) is 0.642. The lowest BCUT2D eigenvalue weighted by molar-refractivity contribution is 0.181. The zero-order chi connectivity index (χ0) is 15.2. The first-order chi connectivity index (χ1) is 10.2. The molecule has 110 valence electrons. The van der Waals surface area contributed by atoms with Crippen LogP contribution in [0.2, 0.25) is 0 Å². The molecule has 2 rings (SSSR count). The molecule has 0 atom stereocenters. The number of aromatic nitrogens is 1. The third-order valence-electron chi connectivity index (χ3n) is 2.93. The molecule has 1 aromatic heterocycles. The van der Waals surface area contributed by atoms with Gasteiger partial charge in [0.2, 0.25) is 0 Å². The van der Waals surface area contributed by atoms with Crippen molar-refractivity contribution < 1.29 is 14.2 Å². The molecule has 0 radical (unpaired) electrons. The highest BCUT2D eigenvalue weighted by atomic mass is 32.1. The maximum absolute atomic E-state index is 9.10. The van der Waals surface area contributed by atoms with Gasteiger partial charge in [-0.1, -0.05) is 6.07 Å². The first-order valence-electron chi connectivity index (χ1n) is 6.30. The van der Waals surface area contributed by atoms with E-state index in [9.17, 15) is 0 Å². The monoisotopic (exact) mass is 304 g/mol. The highest BCUT2D eigenvalue weighted by Crippen LogP contribution is 2.29. The molecule has 2 aromatic rings. The Morgan fingerprint density at radius 3 is 2.57 bits per heavy atom. The summed E-state index contributed by atoms with van der Waals surface area (Å²) in [5, 5.41) is 9.98. The van der Waals surface area contributed by atoms with Crippen molar-refractivity contribution >= 4 is 11.3 Å². The third kappa shape index (κ3) is 3.51. The quantitative estimate of drug-likeness (QED) is 0.821. The molecular weight excluding hydrogens is 288 g/mol. The van der Waals surface area contributed by atoms with Gasteiger partial charge in [0.1, 0.15) is 10.9 Å². The topological polar surface area (TPSA) is 64.4 Å². The van der Waals surface area contributed by atoms with E-state index in [2.05, 4.69) is 11.1 Å². The maximum atomic E-state index is 9.10. The van der Waals surface area contributed by atoms with Crippen molar-refractivity contribution in [2.24, 2.45) is 0 Å². The van der Waals surface area contributed by atoms with Crippen LogP contribution in [0, 0.1) is 11.3 Å². The predicted molar refractivity (Wildman–Crippen MR) is 79.9 cm³/mol. The summed E-state index contributed by atoms with van der Waals surface area (Å²) in [6, 6.07) is 7.90. The Morgan fingerprint density at radius 2 is 1.95 bits per heavy atom. The van der Waals surface area contributed by atoms with Crippen molar-refractivity contribution in [3.05, 3.63) is 39.3 Å². The van der Waals surface area contributed by atoms with Gasteiger partial charge in [-0.05, 0) is 17.7 Å². The average molecular weight is 304 g/mol. The Kier molecular flexibility index (Phi) is 5.14. The van der Waals surface area contributed by atoms with Crippen molar-refractivity contribution in [2.45, 2.75) is 13.0 Å². The minimum atomic E-state index is 0.353. The van der Waals surface area contributed by atoms with E-state index in [1.807, 2.05) is 18.2 Å². The molecule has 1 aromatic carbocycles. The summed E-state index contributed by atoms with van der Waals surface area (Å²) in [4.78, 5) is 5.07. The Bertz CT molecular complexity index is 661. The Hall–Kier alpha value is -2.10. The number of nitrogens with zero attached hydrogens (tertiary/aromatic N) is 2. The number of methoxy groups -OCH3 is 3. The predicted octanol–water partition coefficient (Wildman–Crippen LogP) is 2.77. The van der Waals surface area contributed by atoms with E-state index in [-0.39, 0.29) is 0 Å². The van der Waals surface area contributed by atoms with Crippen LogP contribution in [0.15, 0.2) is 18.2 Å². The molecule has 0 N–H and O–H groups in total. The van der Waals surface area contributed by atoms with Crippen molar-refractivity contribution in [2.75, 3.05) is 21.3 Å². The van der Waals surface area contributed by atoms with Gasteiger partial charge in [0.05, 0.1) is 31.5 Å². The number of rotatable bonds is 6. The van der Waals surface area contributed by atoms with Crippen molar-refractivity contribution in [1.29, 1.82) is 5.26 Å². The van der Waals surface area contributed by atoms with Gasteiger partial charge in [-0.3, -0.25) is 0 Å². The van der Waals surface area contributed by atoms with E-state index >= 15 is 0 Å². The largest absolute Gasteiger partial charge is 0.493 e. The van der Waals surface area contributed by atoms with E-state index in [4.69, 9.17) is 19.5 Å². The first kappa shape index (κ1) is 15.3. The van der Waals surface area contributed by atoms with E-state index in [1.165, 1.54) is 11.3 Å². The number of thiazole rings is 1. The van der Waals surface area contributed by atoms with Crippen molar-refractivity contribution in [3.8, 4) is 17.6 Å². The molecule has 0 aliphatic rings. The molecule has 0 aliphatic carbocycles. The molecule has 0 fully saturated rings. The van der Waals surface area contributed by atoms with Crippen LogP contribution in [0.1, 0.15) is 21.1 Å². The Morgan fingerprint density at radius 1 is 1.19 bits per heavy atom. The smallest absolute Gasteiger partial charge is 0.160 e. The van der Waals surface area contributed by atoms with Gasteiger partial charge in [0, 0.05) is 13.5 Å². The van der Waals surface area contributed by atoms with Crippen molar-refractivity contribution in [3.63, 3.8) is 0 Å². The van der Waals surface area contributed by atoms with Crippen LogP contribution in [0.25, 0.3) is 0 Å². The lowest BCUT2D eigenvalue weighted by atomic mass is 10.1. The molecule has 21 heavy (non-hydrogen) atoms. The molecule has 1 heterocycles. The minimum absolute atomic E-state index is 0.353. The fourth-order valence-corrected chi connectivity index (χ4v) is 2.86. The number of nitriles is 1. The van der Waals surface area contributed by atoms with Crippen LogP contribution >= 0.6 is 11.3 Å². The van der Waals surface area contributed by atoms with Gasteiger partial charge in [0.15, 0.2) is 11.5 Å². The lowest BCUT2D eigenvalue weighted by Crippen LogP contribution is -1.94. The van der Waals surface area contributed by atoms with Gasteiger partial charge < -0.3 is 14.2 Å². The van der Waals surface area contributed by atoms with Crippen LogP contribution in [-0.2, 0) is 17.8 Å². The number of ether oxygens (including phenoxy) is 3. The number of benzene rings is 1. The summed E-state index contributed by atoms with van der Waals surface area (Å²) < 4.78 is 15.6. The van der Waals surface area contributed by atoms with Crippen LogP contribution in [0.4, 0.5) is 0 Å². The minimum Gasteiger partial charge on any atom is -0.493 e. The highest BCUT2D eigenvalue weighted by Gasteiger charge is 2.12. The molecule has 0 amide bonds. The molecule has 0 saturated carbocycles. The first-order valence-corrected chi connectivity index (χ1v) is 7.12. The zero-order valence-electron chi connectivity index (χ0n) is 12.2. The Balaban J connectivity index is 2.24. The molecular formula is C15H16N2O3S. The number of hydrogen-bond acceptors (Lipinski definition) is 6. The molecule has 0 spiro atoms. The average Bonchev–Trinajstić information content (AvgIpc) is 2.89. The number of hydrogen-bond donors (Lipinski definition) is 0. The summed E-state index contributed by atoms with van der Waals surface area (Å²) in [7, 11) is 4.80. The summed E-state index contributed by atoms with van der Waals surface area (Å²) in [5.74, 6) is 1.38. The SMILES string of the molecule is COCc1nc(Cc2ccc(OC)c(OC)c2)sc1C#N. The standard InChI is InChI=1S/C15H16N2O3S/c1-18-9-11-14(8-16)21-15(17-11)7-10-4-5-12(19-2)13(6-10)20-3/h4-6H,7,9H2,1-3H3. The molecule has 6 heteroatoms. The van der Waals surface area contributed by atoms with Gasteiger partial charge >= 0.3 is 0 Å². The molecule has 5 nitrogen and oxygen atoms in total. The second kappa shape index (κ2) is 7.07. The second-order valence-electron chi connectivity index (χ2n) is 4.29. The van der Waals surface area contributed by atoms with Crippen molar-refractivity contribution in [1.82, 2.24) is 4.98 Å². The third-order valence-corrected chi connectivity index (χ3v) is 3.93. The fraction of sp³-hybridized carbons (Fsp3) is 0.333. The van der Waals surface area contributed by atoms with Crippen LogP contribution in [0.3, 0.4) is 0 Å². The van der Waals surface area contributed by atoms with Gasteiger partial charge in [0.25, 0.3) is 0 Å². The van der Waals surface area contributed by atoms with E-state index < -0.39 is 0 Å². The molecule has 0 saturated heterocycles.